The first-order chi connectivity index (χ1) is 15.2. The second kappa shape index (κ2) is 7.91. The molecule has 31 heavy (non-hydrogen) atoms. The largest absolute Gasteiger partial charge is 0.461 e. The molecule has 2 aromatic heterocycles. The molecule has 0 aliphatic heterocycles. The molecule has 0 N–H and O–H groups in total. The molecule has 0 unspecified atom stereocenters. The van der Waals surface area contributed by atoms with Gasteiger partial charge in [0.15, 0.2) is 0 Å². The highest BCUT2D eigenvalue weighted by Crippen LogP contribution is 2.27. The van der Waals surface area contributed by atoms with Gasteiger partial charge in [0.1, 0.15) is 12.2 Å². The Morgan fingerprint density at radius 3 is 2.68 bits per heavy atom. The lowest BCUT2D eigenvalue weighted by Gasteiger charge is -2.09. The Morgan fingerprint density at radius 2 is 1.81 bits per heavy atom. The predicted octanol–water partition coefficient (Wildman–Crippen LogP) is 4.42. The molecule has 0 bridgehead atoms. The summed E-state index contributed by atoms with van der Waals surface area (Å²) in [5.74, 6) is -0.394. The molecule has 5 rings (SSSR count). The zero-order valence-electron chi connectivity index (χ0n) is 16.5. The summed E-state index contributed by atoms with van der Waals surface area (Å²) < 4.78 is 12.6. The van der Waals surface area contributed by atoms with Crippen LogP contribution >= 0.6 is 0 Å². The van der Waals surface area contributed by atoms with E-state index in [4.69, 9.17) is 9.15 Å². The maximum atomic E-state index is 12.5. The Labute approximate surface area is 177 Å². The third-order valence-corrected chi connectivity index (χ3v) is 5.11. The third kappa shape index (κ3) is 3.83. The third-order valence-electron chi connectivity index (χ3n) is 5.11. The molecule has 6 heteroatoms. The topological polar surface area (TPSA) is 74.3 Å². The van der Waals surface area contributed by atoms with Crippen LogP contribution in [0.3, 0.4) is 0 Å². The van der Waals surface area contributed by atoms with Crippen molar-refractivity contribution in [3.05, 3.63) is 107 Å². The van der Waals surface area contributed by atoms with Gasteiger partial charge in [-0.05, 0) is 29.0 Å². The number of esters is 1. The molecule has 0 amide bonds. The quantitative estimate of drug-likeness (QED) is 0.244. The predicted molar refractivity (Wildman–Crippen MR) is 117 cm³/mol. The Kier molecular flexibility index (Phi) is 4.80. The van der Waals surface area contributed by atoms with Gasteiger partial charge in [-0.1, -0.05) is 48.5 Å². The molecular weight excluding hydrogens is 392 g/mol. The molecular formula is C25H18N2O4. The molecule has 0 spiro atoms. The molecule has 6 nitrogen and oxygen atoms in total. The Morgan fingerprint density at radius 1 is 1.00 bits per heavy atom. The summed E-state index contributed by atoms with van der Waals surface area (Å²) in [4.78, 5) is 24.5. The van der Waals surface area contributed by atoms with Gasteiger partial charge < -0.3 is 9.15 Å². The first-order valence-electron chi connectivity index (χ1n) is 9.86. The number of hydrogen-bond donors (Lipinski definition) is 0. The minimum Gasteiger partial charge on any atom is -0.461 e. The highest BCUT2D eigenvalue weighted by molar-refractivity contribution is 6.07. The summed E-state index contributed by atoms with van der Waals surface area (Å²) in [6.07, 6.45) is 3.54. The number of carbonyl (C=O) groups is 1. The van der Waals surface area contributed by atoms with Gasteiger partial charge in [0.2, 0.25) is 0 Å². The van der Waals surface area contributed by atoms with Crippen LogP contribution in [-0.4, -0.2) is 15.7 Å². The smallest absolute Gasteiger partial charge is 0.336 e. The van der Waals surface area contributed by atoms with E-state index in [-0.39, 0.29) is 13.0 Å². The zero-order chi connectivity index (χ0) is 21.2. The van der Waals surface area contributed by atoms with Crippen LogP contribution in [0, 0.1) is 0 Å². The maximum absolute atomic E-state index is 12.5. The number of aromatic nitrogens is 2. The van der Waals surface area contributed by atoms with Crippen molar-refractivity contribution in [2.75, 3.05) is 0 Å². The van der Waals surface area contributed by atoms with Gasteiger partial charge in [-0.15, -0.1) is 0 Å². The highest BCUT2D eigenvalue weighted by Gasteiger charge is 2.13. The molecule has 0 atom stereocenters. The number of benzene rings is 3. The van der Waals surface area contributed by atoms with E-state index in [0.29, 0.717) is 11.1 Å². The average Bonchev–Trinajstić information content (AvgIpc) is 3.26. The molecule has 0 radical (unpaired) electrons. The lowest BCUT2D eigenvalue weighted by atomic mass is 10.0. The molecule has 0 aliphatic carbocycles. The SMILES string of the molecule is O=C(Cc1cnn(-c2ccccc2)c1)OCc1cc(=O)oc2ccc3ccccc3c12. The van der Waals surface area contributed by atoms with Crippen LogP contribution in [0.5, 0.6) is 0 Å². The van der Waals surface area contributed by atoms with Crippen LogP contribution in [0.2, 0.25) is 0 Å². The van der Waals surface area contributed by atoms with E-state index in [0.717, 1.165) is 27.4 Å². The Bertz CT molecular complexity index is 1450. The fraction of sp³-hybridized carbons (Fsp3) is 0.0800. The number of rotatable bonds is 5. The summed E-state index contributed by atoms with van der Waals surface area (Å²) in [5, 5.41) is 7.04. The summed E-state index contributed by atoms with van der Waals surface area (Å²) in [6, 6.07) is 22.5. The van der Waals surface area contributed by atoms with Gasteiger partial charge in [-0.2, -0.15) is 5.10 Å². The van der Waals surface area contributed by atoms with Crippen LogP contribution in [-0.2, 0) is 22.6 Å². The first-order valence-corrected chi connectivity index (χ1v) is 9.86. The first kappa shape index (κ1) is 18.8. The minimum atomic E-state index is -0.474. The van der Waals surface area contributed by atoms with E-state index < -0.39 is 11.6 Å². The lowest BCUT2D eigenvalue weighted by Crippen LogP contribution is -2.09. The number of ether oxygens (including phenoxy) is 1. The van der Waals surface area contributed by atoms with E-state index in [9.17, 15) is 9.59 Å². The summed E-state index contributed by atoms with van der Waals surface area (Å²) in [7, 11) is 0. The number of carbonyl (C=O) groups excluding carboxylic acids is 1. The van der Waals surface area contributed by atoms with Crippen molar-refractivity contribution in [1.29, 1.82) is 0 Å². The van der Waals surface area contributed by atoms with E-state index >= 15 is 0 Å². The van der Waals surface area contributed by atoms with E-state index in [1.54, 1.807) is 23.1 Å². The van der Waals surface area contributed by atoms with Gasteiger partial charge in [0.25, 0.3) is 0 Å². The molecule has 0 fully saturated rings. The number of hydrogen-bond acceptors (Lipinski definition) is 5. The molecule has 0 aliphatic rings. The van der Waals surface area contributed by atoms with Gasteiger partial charge in [0.05, 0.1) is 18.3 Å². The standard InChI is InChI=1S/C25H18N2O4/c28-23(12-17-14-26-27(15-17)20-7-2-1-3-8-20)30-16-19-13-24(29)31-22-11-10-18-6-4-5-9-21(18)25(19)22/h1-11,13-15H,12,16H2. The monoisotopic (exact) mass is 410 g/mol. The van der Waals surface area contributed by atoms with Crippen molar-refractivity contribution in [1.82, 2.24) is 9.78 Å². The van der Waals surface area contributed by atoms with E-state index in [2.05, 4.69) is 5.10 Å². The zero-order valence-corrected chi connectivity index (χ0v) is 16.5. The van der Waals surface area contributed by atoms with Crippen molar-refractivity contribution in [3.63, 3.8) is 0 Å². The van der Waals surface area contributed by atoms with Crippen molar-refractivity contribution >= 4 is 27.7 Å². The van der Waals surface area contributed by atoms with E-state index in [1.807, 2.05) is 60.7 Å². The maximum Gasteiger partial charge on any atom is 0.336 e. The van der Waals surface area contributed by atoms with Crippen LogP contribution < -0.4 is 5.63 Å². The fourth-order valence-electron chi connectivity index (χ4n) is 3.68. The number of nitrogens with zero attached hydrogens (tertiary/aromatic N) is 2. The highest BCUT2D eigenvalue weighted by atomic mass is 16.5. The van der Waals surface area contributed by atoms with Crippen LogP contribution in [0.25, 0.3) is 27.4 Å². The lowest BCUT2D eigenvalue weighted by molar-refractivity contribution is -0.144. The number of para-hydroxylation sites is 1. The Balaban J connectivity index is 1.36. The van der Waals surface area contributed by atoms with E-state index in [1.165, 1.54) is 6.07 Å². The summed E-state index contributed by atoms with van der Waals surface area (Å²) in [6.45, 7) is -0.0121. The minimum absolute atomic E-state index is 0.0121. The molecule has 0 saturated heterocycles. The second-order valence-electron chi connectivity index (χ2n) is 7.22. The summed E-state index contributed by atoms with van der Waals surface area (Å²) >= 11 is 0. The van der Waals surface area contributed by atoms with Crippen molar-refractivity contribution in [2.24, 2.45) is 0 Å². The molecule has 2 heterocycles. The van der Waals surface area contributed by atoms with Crippen LogP contribution in [0.1, 0.15) is 11.1 Å². The second-order valence-corrected chi connectivity index (χ2v) is 7.22. The van der Waals surface area contributed by atoms with Crippen LogP contribution in [0.4, 0.5) is 0 Å². The fourth-order valence-corrected chi connectivity index (χ4v) is 3.68. The van der Waals surface area contributed by atoms with Crippen molar-refractivity contribution < 1.29 is 13.9 Å². The van der Waals surface area contributed by atoms with Gasteiger partial charge >= 0.3 is 11.6 Å². The van der Waals surface area contributed by atoms with Crippen LogP contribution in [0.15, 0.2) is 94.4 Å². The van der Waals surface area contributed by atoms with Crippen molar-refractivity contribution in [2.45, 2.75) is 13.0 Å². The molecule has 3 aromatic carbocycles. The molecule has 0 saturated carbocycles. The average molecular weight is 410 g/mol. The number of fused-ring (bicyclic) bond motifs is 3. The Hall–Kier alpha value is -4.19. The molecule has 152 valence electrons. The van der Waals surface area contributed by atoms with Gasteiger partial charge in [-0.3, -0.25) is 4.79 Å². The van der Waals surface area contributed by atoms with Gasteiger partial charge in [-0.25, -0.2) is 9.48 Å². The molecule has 5 aromatic rings. The van der Waals surface area contributed by atoms with Gasteiger partial charge in [0, 0.05) is 28.8 Å². The normalized spacial score (nSPS) is 11.1. The van der Waals surface area contributed by atoms with Crippen molar-refractivity contribution in [3.8, 4) is 5.69 Å². The summed E-state index contributed by atoms with van der Waals surface area (Å²) in [5.41, 5.74) is 2.28.